The van der Waals surface area contributed by atoms with Crippen molar-refractivity contribution >= 4 is 27.3 Å². The van der Waals surface area contributed by atoms with Crippen LogP contribution in [0.25, 0.3) is 0 Å². The molecule has 0 spiro atoms. The molecule has 7 heteroatoms. The minimum Gasteiger partial charge on any atom is -0.378 e. The highest BCUT2D eigenvalue weighted by molar-refractivity contribution is 7.92. The Bertz CT molecular complexity index is 891. The molecule has 0 heterocycles. The first-order valence-corrected chi connectivity index (χ1v) is 10.7. The van der Waals surface area contributed by atoms with E-state index in [1.807, 2.05) is 14.1 Å². The van der Waals surface area contributed by atoms with E-state index in [-0.39, 0.29) is 5.91 Å². The Morgan fingerprint density at radius 2 is 1.74 bits per heavy atom. The summed E-state index contributed by atoms with van der Waals surface area (Å²) >= 11 is 0. The van der Waals surface area contributed by atoms with Crippen LogP contribution in [0.2, 0.25) is 0 Å². The average molecular weight is 390 g/mol. The molecule has 0 saturated carbocycles. The number of benzene rings is 2. The number of hydrogen-bond acceptors (Lipinski definition) is 4. The molecule has 1 amide bonds. The number of nitrogens with one attached hydrogen (secondary N) is 2. The summed E-state index contributed by atoms with van der Waals surface area (Å²) < 4.78 is 25.3. The predicted molar refractivity (Wildman–Crippen MR) is 111 cm³/mol. The molecule has 0 aromatic heterocycles. The number of aryl methyl sites for hydroxylation is 2. The number of hydrogen-bond donors (Lipinski definition) is 2. The number of amides is 1. The van der Waals surface area contributed by atoms with Crippen molar-refractivity contribution in [3.05, 3.63) is 59.2 Å². The van der Waals surface area contributed by atoms with Crippen LogP contribution >= 0.6 is 0 Å². The molecule has 0 unspecified atom stereocenters. The molecule has 0 aliphatic heterocycles. The Morgan fingerprint density at radius 1 is 1.07 bits per heavy atom. The Labute approximate surface area is 161 Å². The van der Waals surface area contributed by atoms with Gasteiger partial charge in [-0.2, -0.15) is 0 Å². The quantitative estimate of drug-likeness (QED) is 0.681. The zero-order valence-electron chi connectivity index (χ0n) is 16.2. The van der Waals surface area contributed by atoms with Crippen LogP contribution in [0.15, 0.2) is 42.5 Å². The monoisotopic (exact) mass is 389 g/mol. The second-order valence-electron chi connectivity index (χ2n) is 6.82. The van der Waals surface area contributed by atoms with E-state index in [0.717, 1.165) is 30.3 Å². The normalized spacial score (nSPS) is 11.1. The van der Waals surface area contributed by atoms with Gasteiger partial charge in [-0.3, -0.25) is 9.52 Å². The molecule has 2 aromatic carbocycles. The van der Waals surface area contributed by atoms with E-state index in [4.69, 9.17) is 0 Å². The van der Waals surface area contributed by atoms with E-state index < -0.39 is 10.0 Å². The third-order valence-electron chi connectivity index (χ3n) is 4.18. The fourth-order valence-electron chi connectivity index (χ4n) is 2.63. The average Bonchev–Trinajstić information content (AvgIpc) is 2.59. The summed E-state index contributed by atoms with van der Waals surface area (Å²) in [7, 11) is 0.626. The largest absolute Gasteiger partial charge is 0.378 e. The molecular formula is C20H27N3O3S. The first-order valence-electron chi connectivity index (χ1n) is 8.78. The SMILES string of the molecule is Cc1ccc(C(=O)NCCCc2ccc(N(C)C)cc2)cc1NS(C)(=O)=O. The van der Waals surface area contributed by atoms with Gasteiger partial charge >= 0.3 is 0 Å². The van der Waals surface area contributed by atoms with Gasteiger partial charge in [0.25, 0.3) is 5.91 Å². The molecule has 0 saturated heterocycles. The van der Waals surface area contributed by atoms with E-state index in [2.05, 4.69) is 39.2 Å². The second-order valence-corrected chi connectivity index (χ2v) is 8.57. The highest BCUT2D eigenvalue weighted by Gasteiger charge is 2.10. The zero-order valence-corrected chi connectivity index (χ0v) is 17.1. The number of anilines is 2. The molecule has 2 N–H and O–H groups in total. The van der Waals surface area contributed by atoms with Gasteiger partial charge in [-0.1, -0.05) is 18.2 Å². The van der Waals surface area contributed by atoms with Crippen LogP contribution in [0, 0.1) is 6.92 Å². The molecule has 2 rings (SSSR count). The lowest BCUT2D eigenvalue weighted by Gasteiger charge is -2.13. The Balaban J connectivity index is 1.87. The van der Waals surface area contributed by atoms with Gasteiger partial charge in [-0.05, 0) is 55.2 Å². The minimum atomic E-state index is -3.39. The van der Waals surface area contributed by atoms with Crippen molar-refractivity contribution in [2.24, 2.45) is 0 Å². The summed E-state index contributed by atoms with van der Waals surface area (Å²) in [5, 5.41) is 2.88. The summed E-state index contributed by atoms with van der Waals surface area (Å²) in [5.41, 5.74) is 4.00. The molecule has 0 atom stereocenters. The molecule has 146 valence electrons. The van der Waals surface area contributed by atoms with Crippen LogP contribution in [0.5, 0.6) is 0 Å². The summed E-state index contributed by atoms with van der Waals surface area (Å²) in [4.78, 5) is 14.4. The lowest BCUT2D eigenvalue weighted by Crippen LogP contribution is -2.25. The number of nitrogens with zero attached hydrogens (tertiary/aromatic N) is 1. The lowest BCUT2D eigenvalue weighted by molar-refractivity contribution is 0.0953. The first-order chi connectivity index (χ1) is 12.7. The molecule has 0 fully saturated rings. The van der Waals surface area contributed by atoms with Crippen LogP contribution in [0.3, 0.4) is 0 Å². The lowest BCUT2D eigenvalue weighted by atomic mass is 10.1. The van der Waals surface area contributed by atoms with Gasteiger partial charge < -0.3 is 10.2 Å². The van der Waals surface area contributed by atoms with E-state index in [0.29, 0.717) is 17.8 Å². The van der Waals surface area contributed by atoms with Crippen molar-refractivity contribution in [2.75, 3.05) is 36.5 Å². The molecule has 2 aromatic rings. The van der Waals surface area contributed by atoms with Gasteiger partial charge in [0.15, 0.2) is 0 Å². The maximum absolute atomic E-state index is 12.3. The van der Waals surface area contributed by atoms with E-state index >= 15 is 0 Å². The molecule has 0 aliphatic carbocycles. The highest BCUT2D eigenvalue weighted by atomic mass is 32.2. The molecule has 6 nitrogen and oxygen atoms in total. The predicted octanol–water partition coefficient (Wildman–Crippen LogP) is 2.80. The molecule has 27 heavy (non-hydrogen) atoms. The first kappa shape index (κ1) is 20.8. The van der Waals surface area contributed by atoms with Crippen molar-refractivity contribution < 1.29 is 13.2 Å². The maximum Gasteiger partial charge on any atom is 0.251 e. The fraction of sp³-hybridized carbons (Fsp3) is 0.350. The number of carbonyl (C=O) groups excluding carboxylic acids is 1. The van der Waals surface area contributed by atoms with E-state index in [1.165, 1.54) is 5.56 Å². The van der Waals surface area contributed by atoms with Gasteiger partial charge in [-0.15, -0.1) is 0 Å². The van der Waals surface area contributed by atoms with Crippen LogP contribution < -0.4 is 14.9 Å². The van der Waals surface area contributed by atoms with Gasteiger partial charge in [0.1, 0.15) is 0 Å². The minimum absolute atomic E-state index is 0.213. The van der Waals surface area contributed by atoms with Gasteiger partial charge in [0.05, 0.1) is 11.9 Å². The topological polar surface area (TPSA) is 78.5 Å². The Kier molecular flexibility index (Phi) is 6.85. The molecule has 0 radical (unpaired) electrons. The summed E-state index contributed by atoms with van der Waals surface area (Å²) in [6.07, 6.45) is 2.79. The Hall–Kier alpha value is -2.54. The van der Waals surface area contributed by atoms with E-state index in [1.54, 1.807) is 25.1 Å². The number of carbonyl (C=O) groups is 1. The number of rotatable bonds is 8. The van der Waals surface area contributed by atoms with Crippen molar-refractivity contribution in [3.8, 4) is 0 Å². The highest BCUT2D eigenvalue weighted by Crippen LogP contribution is 2.18. The van der Waals surface area contributed by atoms with Crippen LogP contribution in [0.4, 0.5) is 11.4 Å². The van der Waals surface area contributed by atoms with E-state index in [9.17, 15) is 13.2 Å². The van der Waals surface area contributed by atoms with Gasteiger partial charge in [-0.25, -0.2) is 8.42 Å². The Morgan fingerprint density at radius 3 is 2.33 bits per heavy atom. The van der Waals surface area contributed by atoms with Gasteiger partial charge in [0.2, 0.25) is 10.0 Å². The van der Waals surface area contributed by atoms with Crippen molar-refractivity contribution in [3.63, 3.8) is 0 Å². The van der Waals surface area contributed by atoms with Crippen LogP contribution in [-0.4, -0.2) is 41.2 Å². The second kappa shape index (κ2) is 8.90. The maximum atomic E-state index is 12.3. The van der Waals surface area contributed by atoms with Crippen LogP contribution in [0.1, 0.15) is 27.9 Å². The van der Waals surface area contributed by atoms with Crippen molar-refractivity contribution in [1.29, 1.82) is 0 Å². The fourth-order valence-corrected chi connectivity index (χ4v) is 3.25. The third-order valence-corrected chi connectivity index (χ3v) is 4.77. The summed E-state index contributed by atoms with van der Waals surface area (Å²) in [6.45, 7) is 2.34. The molecular weight excluding hydrogens is 362 g/mol. The standard InChI is InChI=1S/C20H27N3O3S/c1-15-7-10-17(14-19(15)22-27(4,25)26)20(24)21-13-5-6-16-8-11-18(12-9-16)23(2)3/h7-12,14,22H,5-6,13H2,1-4H3,(H,21,24). The van der Waals surface area contributed by atoms with Crippen molar-refractivity contribution in [2.45, 2.75) is 19.8 Å². The molecule has 0 aliphatic rings. The third kappa shape index (κ3) is 6.60. The van der Waals surface area contributed by atoms with Crippen molar-refractivity contribution in [1.82, 2.24) is 5.32 Å². The van der Waals surface area contributed by atoms with Crippen LogP contribution in [-0.2, 0) is 16.4 Å². The zero-order chi connectivity index (χ0) is 20.0. The molecule has 0 bridgehead atoms. The summed E-state index contributed by atoms with van der Waals surface area (Å²) in [5.74, 6) is -0.213. The smallest absolute Gasteiger partial charge is 0.251 e. The number of sulfonamides is 1. The van der Waals surface area contributed by atoms with Gasteiger partial charge in [0, 0.05) is 31.9 Å². The summed E-state index contributed by atoms with van der Waals surface area (Å²) in [6, 6.07) is 13.3.